The minimum absolute atomic E-state index is 1.04. The second-order valence-electron chi connectivity index (χ2n) is 1.34. The second-order valence-corrected chi connectivity index (χ2v) is 2.17. The van der Waals surface area contributed by atoms with Crippen LogP contribution in [0.2, 0.25) is 0 Å². The van der Waals surface area contributed by atoms with E-state index in [1.165, 1.54) is 0 Å². The molecule has 0 aromatic rings. The minimum atomic E-state index is 1.04. The van der Waals surface area contributed by atoms with E-state index in [4.69, 9.17) is 0 Å². The van der Waals surface area contributed by atoms with Gasteiger partial charge in [-0.3, -0.25) is 5.43 Å². The summed E-state index contributed by atoms with van der Waals surface area (Å²) in [5.74, 6) is 1.04. The molecule has 3 heteroatoms. The number of hydrogen-bond donors (Lipinski definition) is 1. The SMILES string of the molecule is CNN(C)CSC. The summed E-state index contributed by atoms with van der Waals surface area (Å²) in [6, 6.07) is 0. The van der Waals surface area contributed by atoms with Gasteiger partial charge in [0.25, 0.3) is 0 Å². The van der Waals surface area contributed by atoms with Gasteiger partial charge in [-0.2, -0.15) is 0 Å². The Balaban J connectivity index is 2.83. The van der Waals surface area contributed by atoms with Crippen molar-refractivity contribution in [3.05, 3.63) is 0 Å². The van der Waals surface area contributed by atoms with E-state index in [2.05, 4.69) is 11.7 Å². The molecule has 1 N–H and O–H groups in total. The van der Waals surface area contributed by atoms with Crippen molar-refractivity contribution < 1.29 is 0 Å². The van der Waals surface area contributed by atoms with Crippen LogP contribution in [0.15, 0.2) is 0 Å². The molecular formula is C4H12N2S. The molecule has 0 aromatic heterocycles. The van der Waals surface area contributed by atoms with Crippen molar-refractivity contribution in [3.8, 4) is 0 Å². The van der Waals surface area contributed by atoms with Gasteiger partial charge in [-0.25, -0.2) is 5.01 Å². The van der Waals surface area contributed by atoms with Gasteiger partial charge in [0.05, 0.1) is 5.88 Å². The Morgan fingerprint density at radius 3 is 2.43 bits per heavy atom. The average molecular weight is 120 g/mol. The van der Waals surface area contributed by atoms with Gasteiger partial charge in [0.15, 0.2) is 0 Å². The zero-order valence-corrected chi connectivity index (χ0v) is 5.88. The van der Waals surface area contributed by atoms with Crippen molar-refractivity contribution in [1.82, 2.24) is 10.4 Å². The van der Waals surface area contributed by atoms with E-state index in [-0.39, 0.29) is 0 Å². The maximum Gasteiger partial charge on any atom is 0.0581 e. The van der Waals surface area contributed by atoms with Crippen molar-refractivity contribution in [1.29, 1.82) is 0 Å². The molecule has 0 aliphatic carbocycles. The lowest BCUT2D eigenvalue weighted by Gasteiger charge is -2.11. The van der Waals surface area contributed by atoms with E-state index >= 15 is 0 Å². The van der Waals surface area contributed by atoms with Crippen LogP contribution in [0.1, 0.15) is 0 Å². The van der Waals surface area contributed by atoms with E-state index in [0.717, 1.165) is 5.88 Å². The van der Waals surface area contributed by atoms with Crippen molar-refractivity contribution in [2.24, 2.45) is 0 Å². The minimum Gasteiger partial charge on any atom is -0.258 e. The monoisotopic (exact) mass is 120 g/mol. The smallest absolute Gasteiger partial charge is 0.0581 e. The van der Waals surface area contributed by atoms with E-state index in [0.29, 0.717) is 0 Å². The van der Waals surface area contributed by atoms with Crippen LogP contribution in [0, 0.1) is 0 Å². The standard InChI is InChI=1S/C4H12N2S/c1-5-6(2)4-7-3/h5H,4H2,1-3H3. The molecule has 7 heavy (non-hydrogen) atoms. The normalized spacial score (nSPS) is 10.3. The molecule has 0 saturated heterocycles. The fourth-order valence-electron chi connectivity index (χ4n) is 0.258. The molecule has 0 heterocycles. The van der Waals surface area contributed by atoms with Crippen LogP contribution in [-0.2, 0) is 0 Å². The van der Waals surface area contributed by atoms with Crippen LogP contribution in [0.5, 0.6) is 0 Å². The van der Waals surface area contributed by atoms with Gasteiger partial charge in [-0.15, -0.1) is 11.8 Å². The summed E-state index contributed by atoms with van der Waals surface area (Å²) >= 11 is 1.80. The molecule has 0 bridgehead atoms. The first-order valence-electron chi connectivity index (χ1n) is 2.18. The molecule has 0 amide bonds. The van der Waals surface area contributed by atoms with E-state index in [1.54, 1.807) is 11.8 Å². The highest BCUT2D eigenvalue weighted by Gasteiger charge is 1.85. The fraction of sp³-hybridized carbons (Fsp3) is 1.00. The Bertz CT molecular complexity index is 40.7. The summed E-state index contributed by atoms with van der Waals surface area (Å²) in [7, 11) is 3.92. The van der Waals surface area contributed by atoms with Gasteiger partial charge >= 0.3 is 0 Å². The zero-order chi connectivity index (χ0) is 5.70. The number of hydrazine groups is 1. The molecule has 0 unspecified atom stereocenters. The van der Waals surface area contributed by atoms with Crippen LogP contribution in [-0.4, -0.2) is 31.2 Å². The van der Waals surface area contributed by atoms with Crippen LogP contribution in [0.25, 0.3) is 0 Å². The van der Waals surface area contributed by atoms with Gasteiger partial charge in [0.1, 0.15) is 0 Å². The average Bonchev–Trinajstić information content (AvgIpc) is 1.68. The Kier molecular flexibility index (Phi) is 4.60. The maximum absolute atomic E-state index is 2.98. The summed E-state index contributed by atoms with van der Waals surface area (Å²) in [5, 5.41) is 2.02. The van der Waals surface area contributed by atoms with Gasteiger partial charge in [-0.05, 0) is 13.3 Å². The number of nitrogens with one attached hydrogen (secondary N) is 1. The maximum atomic E-state index is 2.98. The molecular weight excluding hydrogens is 108 g/mol. The third-order valence-corrected chi connectivity index (χ3v) is 1.35. The third-order valence-electron chi connectivity index (χ3n) is 0.704. The number of nitrogens with zero attached hydrogens (tertiary/aromatic N) is 1. The Labute approximate surface area is 49.2 Å². The van der Waals surface area contributed by atoms with Crippen molar-refractivity contribution in [3.63, 3.8) is 0 Å². The summed E-state index contributed by atoms with van der Waals surface area (Å²) in [4.78, 5) is 0. The quantitative estimate of drug-likeness (QED) is 0.428. The van der Waals surface area contributed by atoms with Crippen LogP contribution in [0.3, 0.4) is 0 Å². The van der Waals surface area contributed by atoms with Gasteiger partial charge in [-0.1, -0.05) is 0 Å². The fourth-order valence-corrected chi connectivity index (χ4v) is 0.775. The van der Waals surface area contributed by atoms with E-state index in [9.17, 15) is 0 Å². The Morgan fingerprint density at radius 2 is 2.29 bits per heavy atom. The third kappa shape index (κ3) is 4.12. The van der Waals surface area contributed by atoms with Gasteiger partial charge in [0.2, 0.25) is 0 Å². The van der Waals surface area contributed by atoms with Crippen LogP contribution in [0.4, 0.5) is 0 Å². The van der Waals surface area contributed by atoms with Gasteiger partial charge < -0.3 is 0 Å². The number of hydrogen-bond acceptors (Lipinski definition) is 3. The summed E-state index contributed by atoms with van der Waals surface area (Å²) in [6.45, 7) is 0. The number of rotatable bonds is 3. The lowest BCUT2D eigenvalue weighted by molar-refractivity contribution is 0.309. The topological polar surface area (TPSA) is 15.3 Å². The predicted octanol–water partition coefficient (Wildman–Crippen LogP) is 0.373. The first-order chi connectivity index (χ1) is 3.31. The van der Waals surface area contributed by atoms with E-state index in [1.807, 2.05) is 19.1 Å². The molecule has 0 fully saturated rings. The highest BCUT2D eigenvalue weighted by atomic mass is 32.2. The zero-order valence-electron chi connectivity index (χ0n) is 5.06. The molecule has 44 valence electrons. The summed E-state index contributed by atoms with van der Waals surface area (Å²) in [5.41, 5.74) is 2.98. The Hall–Kier alpha value is 0.270. The van der Waals surface area contributed by atoms with Crippen molar-refractivity contribution >= 4 is 11.8 Å². The molecule has 0 spiro atoms. The second kappa shape index (κ2) is 4.43. The van der Waals surface area contributed by atoms with Gasteiger partial charge in [0, 0.05) is 7.05 Å². The predicted molar refractivity (Wildman–Crippen MR) is 35.2 cm³/mol. The molecule has 0 rings (SSSR count). The Morgan fingerprint density at radius 1 is 1.71 bits per heavy atom. The first-order valence-corrected chi connectivity index (χ1v) is 3.58. The molecule has 2 nitrogen and oxygen atoms in total. The lowest BCUT2D eigenvalue weighted by atomic mass is 11.1. The highest BCUT2D eigenvalue weighted by molar-refractivity contribution is 7.98. The molecule has 0 saturated carbocycles. The molecule has 0 radical (unpaired) electrons. The summed E-state index contributed by atoms with van der Waals surface area (Å²) in [6.07, 6.45) is 2.08. The summed E-state index contributed by atoms with van der Waals surface area (Å²) < 4.78 is 0. The lowest BCUT2D eigenvalue weighted by Crippen LogP contribution is -2.29. The molecule has 0 aromatic carbocycles. The molecule has 0 aliphatic heterocycles. The largest absolute Gasteiger partial charge is 0.258 e. The van der Waals surface area contributed by atoms with E-state index < -0.39 is 0 Å². The van der Waals surface area contributed by atoms with Crippen molar-refractivity contribution in [2.75, 3.05) is 26.2 Å². The van der Waals surface area contributed by atoms with Crippen LogP contribution < -0.4 is 5.43 Å². The van der Waals surface area contributed by atoms with Crippen LogP contribution >= 0.6 is 11.8 Å². The number of thioether (sulfide) groups is 1. The molecule has 0 aliphatic rings. The van der Waals surface area contributed by atoms with Crippen molar-refractivity contribution in [2.45, 2.75) is 0 Å². The highest BCUT2D eigenvalue weighted by Crippen LogP contribution is 1.89. The first kappa shape index (κ1) is 7.27. The molecule has 0 atom stereocenters.